The normalized spacial score (nSPS) is 27.7. The Labute approximate surface area is 188 Å². The number of halogens is 1. The van der Waals surface area contributed by atoms with Crippen LogP contribution < -0.4 is 11.1 Å². The molecule has 4 rings (SSSR count). The first-order chi connectivity index (χ1) is 15.5. The van der Waals surface area contributed by atoms with Gasteiger partial charge in [0.2, 0.25) is 5.78 Å². The SMILES string of the molecule is CC(CF)NCc1ccc(O)c2c1CC1CC3CC(=O)C(C(N)=O)=C(O)C3(O)C(=O)C1=C2O. The molecule has 1 saturated carbocycles. The van der Waals surface area contributed by atoms with Crippen LogP contribution in [-0.4, -0.2) is 56.2 Å². The van der Waals surface area contributed by atoms with Gasteiger partial charge in [-0.25, -0.2) is 4.39 Å². The summed E-state index contributed by atoms with van der Waals surface area (Å²) < 4.78 is 12.9. The predicted octanol–water partition coefficient (Wildman–Crippen LogP) is 0.871. The third-order valence-electron chi connectivity index (χ3n) is 6.92. The predicted molar refractivity (Wildman–Crippen MR) is 114 cm³/mol. The number of nitrogens with two attached hydrogens (primary N) is 1. The standard InChI is InChI=1S/C23H25FN2O7/c1-9(7-24)26-8-10-2-3-14(27)17-13(10)5-11-4-12-6-15(28)18(22(25)32)21(31)23(12,33)20(30)16(11)19(17)29/h2-3,9,11-12,26-27,29,31,33H,4-8H2,1H3,(H2,25,32). The van der Waals surface area contributed by atoms with Crippen molar-refractivity contribution in [3.05, 3.63) is 45.7 Å². The summed E-state index contributed by atoms with van der Waals surface area (Å²) >= 11 is 0. The Morgan fingerprint density at radius 3 is 2.61 bits per heavy atom. The Kier molecular flexibility index (Phi) is 5.53. The number of aromatic hydroxyl groups is 1. The number of hydrogen-bond donors (Lipinski definition) is 6. The van der Waals surface area contributed by atoms with E-state index in [9.17, 15) is 39.2 Å². The van der Waals surface area contributed by atoms with Crippen LogP contribution in [0.3, 0.4) is 0 Å². The fourth-order valence-corrected chi connectivity index (χ4v) is 5.19. The minimum Gasteiger partial charge on any atom is -0.508 e. The van der Waals surface area contributed by atoms with Gasteiger partial charge in [-0.2, -0.15) is 0 Å². The lowest BCUT2D eigenvalue weighted by Gasteiger charge is -2.46. The van der Waals surface area contributed by atoms with Crippen molar-refractivity contribution in [2.24, 2.45) is 17.6 Å². The van der Waals surface area contributed by atoms with Crippen LogP contribution in [0, 0.1) is 11.8 Å². The Hall–Kier alpha value is -3.24. The van der Waals surface area contributed by atoms with Gasteiger partial charge in [0.1, 0.15) is 29.5 Å². The number of nitrogens with one attached hydrogen (secondary N) is 1. The number of alkyl halides is 1. The molecule has 176 valence electrons. The fraction of sp³-hybridized carbons (Fsp3) is 0.435. The summed E-state index contributed by atoms with van der Waals surface area (Å²) in [6, 6.07) is 2.58. The molecule has 10 heteroatoms. The minimum absolute atomic E-state index is 0.0225. The molecule has 1 aromatic carbocycles. The molecule has 33 heavy (non-hydrogen) atoms. The molecule has 0 radical (unpaired) electrons. The third-order valence-corrected chi connectivity index (χ3v) is 6.92. The maximum atomic E-state index is 13.4. The van der Waals surface area contributed by atoms with Crippen molar-refractivity contribution in [3.8, 4) is 5.75 Å². The van der Waals surface area contributed by atoms with Gasteiger partial charge in [-0.1, -0.05) is 6.07 Å². The summed E-state index contributed by atoms with van der Waals surface area (Å²) in [7, 11) is 0. The first kappa shape index (κ1) is 22.9. The second-order valence-corrected chi connectivity index (χ2v) is 8.94. The molecular weight excluding hydrogens is 435 g/mol. The van der Waals surface area contributed by atoms with Crippen molar-refractivity contribution < 1.29 is 39.2 Å². The Bertz CT molecular complexity index is 1140. The molecule has 1 fully saturated rings. The average molecular weight is 460 g/mol. The lowest BCUT2D eigenvalue weighted by Crippen LogP contribution is -2.58. The Morgan fingerprint density at radius 2 is 1.97 bits per heavy atom. The summed E-state index contributed by atoms with van der Waals surface area (Å²) in [5, 5.41) is 46.2. The number of hydrogen-bond acceptors (Lipinski definition) is 8. The van der Waals surface area contributed by atoms with Gasteiger partial charge in [-0.3, -0.25) is 14.4 Å². The van der Waals surface area contributed by atoms with Gasteiger partial charge in [-0.05, 0) is 42.9 Å². The minimum atomic E-state index is -2.58. The summed E-state index contributed by atoms with van der Waals surface area (Å²) in [5.41, 5.74) is 2.86. The van der Waals surface area contributed by atoms with E-state index in [0.717, 1.165) is 0 Å². The van der Waals surface area contributed by atoms with E-state index in [0.29, 0.717) is 11.1 Å². The Balaban J connectivity index is 1.84. The molecule has 0 spiro atoms. The van der Waals surface area contributed by atoms with Gasteiger partial charge in [-0.15, -0.1) is 0 Å². The molecule has 1 aromatic rings. The van der Waals surface area contributed by atoms with Crippen molar-refractivity contribution in [1.29, 1.82) is 0 Å². The number of Topliss-reactive ketones (excluding diaryl/α,β-unsaturated/α-hetero) is 2. The summed E-state index contributed by atoms with van der Waals surface area (Å²) in [4.78, 5) is 37.4. The van der Waals surface area contributed by atoms with Crippen LogP contribution in [0.4, 0.5) is 4.39 Å². The zero-order chi connectivity index (χ0) is 24.2. The summed E-state index contributed by atoms with van der Waals surface area (Å²) in [5.74, 6) is -6.62. The van der Waals surface area contributed by atoms with Gasteiger partial charge in [0.25, 0.3) is 5.91 Å². The van der Waals surface area contributed by atoms with Crippen molar-refractivity contribution in [1.82, 2.24) is 5.32 Å². The molecule has 0 heterocycles. The average Bonchev–Trinajstić information content (AvgIpc) is 2.75. The maximum Gasteiger partial charge on any atom is 0.255 e. The van der Waals surface area contributed by atoms with Crippen LogP contribution in [0.1, 0.15) is 36.5 Å². The number of ketones is 2. The van der Waals surface area contributed by atoms with Crippen LogP contribution in [0.15, 0.2) is 29.0 Å². The number of rotatable bonds is 5. The lowest BCUT2D eigenvalue weighted by atomic mass is 9.59. The molecule has 0 aromatic heterocycles. The number of aliphatic hydroxyl groups excluding tert-OH is 2. The second-order valence-electron chi connectivity index (χ2n) is 8.94. The number of phenols is 1. The molecule has 3 aliphatic rings. The quantitative estimate of drug-likeness (QED) is 0.352. The van der Waals surface area contributed by atoms with Gasteiger partial charge in [0.05, 0.1) is 5.56 Å². The van der Waals surface area contributed by atoms with Crippen LogP contribution in [-0.2, 0) is 27.3 Å². The van der Waals surface area contributed by atoms with E-state index >= 15 is 0 Å². The van der Waals surface area contributed by atoms with Gasteiger partial charge < -0.3 is 31.5 Å². The highest BCUT2D eigenvalue weighted by atomic mass is 19.1. The number of carbonyl (C=O) groups excluding carboxylic acids is 3. The number of phenolic OH excluding ortho intramolecular Hbond substituents is 1. The number of aliphatic hydroxyl groups is 3. The molecular formula is C23H25FN2O7. The fourth-order valence-electron chi connectivity index (χ4n) is 5.19. The highest BCUT2D eigenvalue weighted by Gasteiger charge is 2.60. The zero-order valence-corrected chi connectivity index (χ0v) is 17.9. The number of primary amides is 1. The van der Waals surface area contributed by atoms with E-state index < -0.39 is 64.7 Å². The summed E-state index contributed by atoms with van der Waals surface area (Å²) in [6.45, 7) is 1.35. The van der Waals surface area contributed by atoms with E-state index in [1.807, 2.05) is 0 Å². The monoisotopic (exact) mass is 460 g/mol. The molecule has 7 N–H and O–H groups in total. The number of benzene rings is 1. The molecule has 9 nitrogen and oxygen atoms in total. The summed E-state index contributed by atoms with van der Waals surface area (Å²) in [6.07, 6.45) is -0.0967. The van der Waals surface area contributed by atoms with Gasteiger partial charge >= 0.3 is 0 Å². The van der Waals surface area contributed by atoms with Crippen molar-refractivity contribution in [2.75, 3.05) is 6.67 Å². The van der Waals surface area contributed by atoms with Crippen LogP contribution in [0.5, 0.6) is 5.75 Å². The molecule has 4 atom stereocenters. The van der Waals surface area contributed by atoms with Gasteiger partial charge in [0.15, 0.2) is 11.4 Å². The number of carbonyl (C=O) groups is 3. The van der Waals surface area contributed by atoms with E-state index in [1.165, 1.54) is 6.07 Å². The molecule has 0 saturated heterocycles. The van der Waals surface area contributed by atoms with Crippen LogP contribution in [0.2, 0.25) is 0 Å². The lowest BCUT2D eigenvalue weighted by molar-refractivity contribution is -0.147. The van der Waals surface area contributed by atoms with Crippen molar-refractivity contribution in [2.45, 2.75) is 44.4 Å². The van der Waals surface area contributed by atoms with E-state index in [4.69, 9.17) is 5.73 Å². The Morgan fingerprint density at radius 1 is 1.27 bits per heavy atom. The van der Waals surface area contributed by atoms with Crippen LogP contribution in [0.25, 0.3) is 5.76 Å². The smallest absolute Gasteiger partial charge is 0.255 e. The second kappa shape index (κ2) is 7.96. The number of amides is 1. The third kappa shape index (κ3) is 3.32. The molecule has 4 unspecified atom stereocenters. The highest BCUT2D eigenvalue weighted by Crippen LogP contribution is 2.52. The topological polar surface area (TPSA) is 170 Å². The molecule has 0 aliphatic heterocycles. The first-order valence-corrected chi connectivity index (χ1v) is 10.6. The van der Waals surface area contributed by atoms with Crippen molar-refractivity contribution in [3.63, 3.8) is 0 Å². The van der Waals surface area contributed by atoms with Gasteiger partial charge in [0, 0.05) is 30.5 Å². The largest absolute Gasteiger partial charge is 0.508 e. The van der Waals surface area contributed by atoms with Crippen LogP contribution >= 0.6 is 0 Å². The van der Waals surface area contributed by atoms with E-state index in [-0.39, 0.29) is 42.7 Å². The van der Waals surface area contributed by atoms with Crippen molar-refractivity contribution >= 4 is 23.2 Å². The molecule has 0 bridgehead atoms. The zero-order valence-electron chi connectivity index (χ0n) is 17.9. The maximum absolute atomic E-state index is 13.4. The highest BCUT2D eigenvalue weighted by molar-refractivity contribution is 6.22. The number of fused-ring (bicyclic) bond motifs is 3. The first-order valence-electron chi connectivity index (χ1n) is 10.6. The molecule has 3 aliphatic carbocycles. The van der Waals surface area contributed by atoms with E-state index in [1.54, 1.807) is 13.0 Å². The molecule has 1 amide bonds. The van der Waals surface area contributed by atoms with E-state index in [2.05, 4.69) is 5.32 Å².